The number of carbonyl (C=O) groups excluding carboxylic acids is 1. The zero-order valence-electron chi connectivity index (χ0n) is 17.8. The van der Waals surface area contributed by atoms with E-state index < -0.39 is 80.3 Å². The van der Waals surface area contributed by atoms with Crippen molar-refractivity contribution in [3.8, 4) is 0 Å². The largest absolute Gasteiger partial charge is 0.394 e. The topological polar surface area (TPSA) is 227 Å². The van der Waals surface area contributed by atoms with E-state index in [-0.39, 0.29) is 12.5 Å². The first-order valence-electron chi connectivity index (χ1n) is 9.97. The third-order valence-corrected chi connectivity index (χ3v) is 5.29. The van der Waals surface area contributed by atoms with Crippen LogP contribution in [0, 0.1) is 5.92 Å². The minimum atomic E-state index is -1.88. The summed E-state index contributed by atoms with van der Waals surface area (Å²) in [5.41, 5.74) is 5.35. The molecule has 0 aromatic carbocycles. The van der Waals surface area contributed by atoms with Crippen LogP contribution in [0.1, 0.15) is 13.8 Å². The van der Waals surface area contributed by atoms with E-state index in [0.717, 1.165) is 0 Å². The third-order valence-electron chi connectivity index (χ3n) is 5.29. The fourth-order valence-electron chi connectivity index (χ4n) is 3.52. The monoisotopic (exact) mass is 456 g/mol. The van der Waals surface area contributed by atoms with Gasteiger partial charge in [0.05, 0.1) is 25.4 Å². The summed E-state index contributed by atoms with van der Waals surface area (Å²) in [6, 6.07) is -0.724. The number of carbonyl (C=O) groups is 1. The highest BCUT2D eigenvalue weighted by Crippen LogP contribution is 2.22. The molecule has 0 saturated carbocycles. The first kappa shape index (κ1) is 28.1. The van der Waals surface area contributed by atoms with Gasteiger partial charge in [-0.2, -0.15) is 0 Å². The summed E-state index contributed by atoms with van der Waals surface area (Å²) < 4.78 is 10.2. The van der Waals surface area contributed by atoms with Gasteiger partial charge in [-0.15, -0.1) is 0 Å². The molecule has 1 heterocycles. The molecule has 0 spiro atoms. The molecule has 1 aliphatic rings. The van der Waals surface area contributed by atoms with E-state index in [1.165, 1.54) is 11.9 Å². The van der Waals surface area contributed by atoms with Crippen molar-refractivity contribution in [1.29, 1.82) is 0 Å². The quantitative estimate of drug-likeness (QED) is 0.134. The van der Waals surface area contributed by atoms with Crippen LogP contribution in [0.4, 0.5) is 0 Å². The second kappa shape index (κ2) is 12.3. The molecule has 1 saturated heterocycles. The van der Waals surface area contributed by atoms with Gasteiger partial charge in [0.25, 0.3) is 0 Å². The number of nitrogens with two attached hydrogens (primary N) is 1. The average molecular weight is 456 g/mol. The summed E-state index contributed by atoms with van der Waals surface area (Å²) in [5.74, 6) is -0.790. The van der Waals surface area contributed by atoms with Crippen LogP contribution >= 0.6 is 0 Å². The molecule has 10 atom stereocenters. The van der Waals surface area contributed by atoms with Crippen LogP contribution in [0.3, 0.4) is 0 Å². The molecular formula is C18H36N2O11. The smallest absolute Gasteiger partial charge is 0.235 e. The second-order valence-electron chi connectivity index (χ2n) is 8.18. The molecule has 1 rings (SSSR count). The number of hydrogen-bond acceptors (Lipinski definition) is 12. The van der Waals surface area contributed by atoms with Crippen LogP contribution in [0.15, 0.2) is 0 Å². The molecule has 0 aromatic rings. The van der Waals surface area contributed by atoms with Crippen molar-refractivity contribution in [2.24, 2.45) is 11.7 Å². The van der Waals surface area contributed by atoms with Gasteiger partial charge in [-0.1, -0.05) is 13.8 Å². The molecule has 13 heteroatoms. The van der Waals surface area contributed by atoms with Crippen molar-refractivity contribution < 1.29 is 55.1 Å². The maximum Gasteiger partial charge on any atom is 0.235 e. The van der Waals surface area contributed by atoms with Crippen LogP contribution in [-0.4, -0.2) is 140 Å². The third kappa shape index (κ3) is 7.27. The number of aliphatic hydroxyl groups is 8. The Hall–Kier alpha value is -0.970. The Kier molecular flexibility index (Phi) is 11.2. The number of nitrogens with zero attached hydrogens (tertiary/aromatic N) is 1. The van der Waals surface area contributed by atoms with Crippen molar-refractivity contribution in [3.05, 3.63) is 0 Å². The standard InChI is InChI=1S/C18H36N2O11/c1-7(2)11(17(19)29)20(3)4-8(22)12(24)13(25)9(23)6-30-18-16(28)15(27)14(26)10(5-21)31-18/h7-16,18,21-28H,4-6H2,1-3H3,(H2,19,29). The van der Waals surface area contributed by atoms with Gasteiger partial charge in [0.1, 0.15) is 42.7 Å². The van der Waals surface area contributed by atoms with E-state index >= 15 is 0 Å². The molecule has 10 N–H and O–H groups in total. The number of aliphatic hydroxyl groups excluding tert-OH is 8. The predicted molar refractivity (Wildman–Crippen MR) is 104 cm³/mol. The van der Waals surface area contributed by atoms with Crippen molar-refractivity contribution in [2.45, 2.75) is 75.0 Å². The summed E-state index contributed by atoms with van der Waals surface area (Å²) in [6.07, 6.45) is -14.7. The summed E-state index contributed by atoms with van der Waals surface area (Å²) in [5, 5.41) is 79.1. The van der Waals surface area contributed by atoms with Crippen LogP contribution in [0.2, 0.25) is 0 Å². The van der Waals surface area contributed by atoms with E-state index in [2.05, 4.69) is 0 Å². The fraction of sp³-hybridized carbons (Fsp3) is 0.944. The SMILES string of the molecule is CC(C)C(C(N)=O)N(C)CC(O)C(O)C(O)C(O)COC1OC(CO)C(O)C(O)C1O. The van der Waals surface area contributed by atoms with Gasteiger partial charge < -0.3 is 56.1 Å². The second-order valence-corrected chi connectivity index (χ2v) is 8.18. The lowest BCUT2D eigenvalue weighted by Crippen LogP contribution is -2.59. The molecule has 1 fully saturated rings. The lowest BCUT2D eigenvalue weighted by atomic mass is 9.99. The normalized spacial score (nSPS) is 32.0. The van der Waals surface area contributed by atoms with Crippen LogP contribution in [0.25, 0.3) is 0 Å². The highest BCUT2D eigenvalue weighted by atomic mass is 16.7. The minimum absolute atomic E-state index is 0.172. The van der Waals surface area contributed by atoms with E-state index in [0.29, 0.717) is 0 Å². The maximum atomic E-state index is 11.6. The molecule has 0 radical (unpaired) electrons. The van der Waals surface area contributed by atoms with E-state index in [9.17, 15) is 40.5 Å². The molecule has 1 aliphatic heterocycles. The zero-order chi connectivity index (χ0) is 24.0. The number of likely N-dealkylation sites (N-methyl/N-ethyl adjacent to an activating group) is 1. The van der Waals surface area contributed by atoms with Gasteiger partial charge in [-0.05, 0) is 13.0 Å². The summed E-state index contributed by atoms with van der Waals surface area (Å²) >= 11 is 0. The summed E-state index contributed by atoms with van der Waals surface area (Å²) in [6.45, 7) is 1.92. The van der Waals surface area contributed by atoms with Crippen molar-refractivity contribution in [1.82, 2.24) is 4.90 Å². The Morgan fingerprint density at radius 1 is 1.03 bits per heavy atom. The van der Waals surface area contributed by atoms with Crippen molar-refractivity contribution in [2.75, 3.05) is 26.8 Å². The Bertz CT molecular complexity index is 553. The summed E-state index contributed by atoms with van der Waals surface area (Å²) in [4.78, 5) is 13.0. The number of rotatable bonds is 12. The molecule has 13 nitrogen and oxygen atoms in total. The van der Waals surface area contributed by atoms with Gasteiger partial charge in [0, 0.05) is 6.54 Å². The highest BCUT2D eigenvalue weighted by Gasteiger charge is 2.44. The molecule has 1 amide bonds. The molecule has 31 heavy (non-hydrogen) atoms. The van der Waals surface area contributed by atoms with E-state index in [1.54, 1.807) is 13.8 Å². The number of ether oxygens (including phenoxy) is 2. The van der Waals surface area contributed by atoms with Crippen molar-refractivity contribution >= 4 is 5.91 Å². The lowest BCUT2D eigenvalue weighted by molar-refractivity contribution is -0.306. The first-order valence-corrected chi connectivity index (χ1v) is 9.97. The molecule has 0 bridgehead atoms. The Morgan fingerprint density at radius 3 is 2.06 bits per heavy atom. The number of primary amides is 1. The molecule has 0 aliphatic carbocycles. The lowest BCUT2D eigenvalue weighted by Gasteiger charge is -2.40. The number of amides is 1. The molecule has 10 unspecified atom stereocenters. The number of hydrogen-bond donors (Lipinski definition) is 9. The van der Waals surface area contributed by atoms with Crippen LogP contribution in [0.5, 0.6) is 0 Å². The van der Waals surface area contributed by atoms with Crippen LogP contribution < -0.4 is 5.73 Å². The average Bonchev–Trinajstić information content (AvgIpc) is 2.69. The molecular weight excluding hydrogens is 420 g/mol. The maximum absolute atomic E-state index is 11.6. The minimum Gasteiger partial charge on any atom is -0.394 e. The molecule has 0 aromatic heterocycles. The Balaban J connectivity index is 2.63. The van der Waals surface area contributed by atoms with Gasteiger partial charge in [0.15, 0.2) is 6.29 Å². The van der Waals surface area contributed by atoms with E-state index in [4.69, 9.17) is 20.3 Å². The van der Waals surface area contributed by atoms with Gasteiger partial charge >= 0.3 is 0 Å². The molecule has 184 valence electrons. The van der Waals surface area contributed by atoms with Gasteiger partial charge in [-0.3, -0.25) is 9.69 Å². The predicted octanol–water partition coefficient (Wildman–Crippen LogP) is -5.31. The fourth-order valence-corrected chi connectivity index (χ4v) is 3.52. The van der Waals surface area contributed by atoms with Crippen molar-refractivity contribution in [3.63, 3.8) is 0 Å². The zero-order valence-corrected chi connectivity index (χ0v) is 17.8. The van der Waals surface area contributed by atoms with Crippen LogP contribution in [-0.2, 0) is 14.3 Å². The highest BCUT2D eigenvalue weighted by molar-refractivity contribution is 5.80. The van der Waals surface area contributed by atoms with Gasteiger partial charge in [0.2, 0.25) is 5.91 Å². The van der Waals surface area contributed by atoms with E-state index in [1.807, 2.05) is 0 Å². The van der Waals surface area contributed by atoms with Gasteiger partial charge in [-0.25, -0.2) is 0 Å². The Morgan fingerprint density at radius 2 is 1.58 bits per heavy atom. The summed E-state index contributed by atoms with van der Waals surface area (Å²) in [7, 11) is 1.51. The Labute approximate surface area is 180 Å². The first-order chi connectivity index (χ1) is 14.3.